The quantitative estimate of drug-likeness (QED) is 0.291. The Labute approximate surface area is 189 Å². The first-order valence-electron chi connectivity index (χ1n) is 9.70. The first-order chi connectivity index (χ1) is 15.3. The van der Waals surface area contributed by atoms with E-state index in [0.29, 0.717) is 22.4 Å². The molecule has 3 rings (SSSR count). The highest BCUT2D eigenvalue weighted by atomic mass is 32.2. The lowest BCUT2D eigenvalue weighted by atomic mass is 10.3. The second kappa shape index (κ2) is 10.1. The zero-order valence-corrected chi connectivity index (χ0v) is 18.8. The van der Waals surface area contributed by atoms with Gasteiger partial charge in [0.15, 0.2) is 17.1 Å². The smallest absolute Gasteiger partial charge is 0.269 e. The second-order valence-corrected chi connectivity index (χ2v) is 8.20. The summed E-state index contributed by atoms with van der Waals surface area (Å²) >= 11 is 1.25. The Kier molecular flexibility index (Phi) is 7.31. The van der Waals surface area contributed by atoms with E-state index in [1.165, 1.54) is 36.0 Å². The van der Waals surface area contributed by atoms with Crippen LogP contribution in [0.5, 0.6) is 11.5 Å². The number of hydrogen-bond acceptors (Lipinski definition) is 8. The molecule has 1 aromatic heterocycles. The number of thioether (sulfide) groups is 1. The van der Waals surface area contributed by atoms with E-state index in [1.54, 1.807) is 18.6 Å². The minimum atomic E-state index is -0.491. The molecule has 32 heavy (non-hydrogen) atoms. The first-order valence-corrected chi connectivity index (χ1v) is 10.6. The largest absolute Gasteiger partial charge is 0.497 e. The molecule has 0 aliphatic rings. The highest BCUT2D eigenvalue weighted by molar-refractivity contribution is 8.00. The van der Waals surface area contributed by atoms with Crippen molar-refractivity contribution in [1.29, 1.82) is 0 Å². The van der Waals surface area contributed by atoms with Crippen molar-refractivity contribution in [2.24, 2.45) is 7.05 Å². The summed E-state index contributed by atoms with van der Waals surface area (Å²) in [4.78, 5) is 22.8. The number of amides is 1. The fourth-order valence-electron chi connectivity index (χ4n) is 2.82. The van der Waals surface area contributed by atoms with Gasteiger partial charge in [-0.05, 0) is 50.2 Å². The minimum Gasteiger partial charge on any atom is -0.497 e. The third kappa shape index (κ3) is 5.55. The fraction of sp³-hybridized carbons (Fsp3) is 0.286. The van der Waals surface area contributed by atoms with E-state index in [-0.39, 0.29) is 17.7 Å². The maximum atomic E-state index is 12.5. The van der Waals surface area contributed by atoms with Crippen molar-refractivity contribution < 1.29 is 19.2 Å². The van der Waals surface area contributed by atoms with Gasteiger partial charge in [0.2, 0.25) is 5.91 Å². The molecular formula is C21H23N5O5S. The molecule has 2 aromatic carbocycles. The van der Waals surface area contributed by atoms with Crippen LogP contribution in [0.2, 0.25) is 0 Å². The number of rotatable bonds is 9. The van der Waals surface area contributed by atoms with Crippen LogP contribution in [0.1, 0.15) is 25.8 Å². The van der Waals surface area contributed by atoms with Crippen LogP contribution in [0.4, 0.5) is 11.4 Å². The number of carbonyl (C=O) groups is 1. The summed E-state index contributed by atoms with van der Waals surface area (Å²) < 4.78 is 12.9. The Hall–Kier alpha value is -3.60. The molecule has 0 aliphatic heterocycles. The molecule has 3 aromatic rings. The molecular weight excluding hydrogens is 434 g/mol. The van der Waals surface area contributed by atoms with E-state index in [2.05, 4.69) is 15.5 Å². The molecule has 2 unspecified atom stereocenters. The van der Waals surface area contributed by atoms with Gasteiger partial charge in [-0.1, -0.05) is 11.8 Å². The Balaban J connectivity index is 1.61. The third-order valence-electron chi connectivity index (χ3n) is 4.60. The first kappa shape index (κ1) is 23.1. The number of nitro benzene ring substituents is 1. The lowest BCUT2D eigenvalue weighted by Crippen LogP contribution is -2.23. The summed E-state index contributed by atoms with van der Waals surface area (Å²) in [6.45, 7) is 3.62. The Bertz CT molecular complexity index is 1080. The number of carbonyl (C=O) groups excluding carboxylic acids is 1. The Morgan fingerprint density at radius 3 is 2.31 bits per heavy atom. The molecule has 0 aliphatic carbocycles. The minimum absolute atomic E-state index is 0.0389. The van der Waals surface area contributed by atoms with Crippen LogP contribution in [0.3, 0.4) is 0 Å². The standard InChI is InChI=1S/C21H23N5O5S/c1-13(31-18-11-9-17(30-4)10-12-18)19-23-24-21(25(19)3)32-14(2)20(27)22-15-5-7-16(8-6-15)26(28)29/h5-14H,1-4H3,(H,22,27). The van der Waals surface area contributed by atoms with Gasteiger partial charge in [0, 0.05) is 24.9 Å². The van der Waals surface area contributed by atoms with Crippen LogP contribution >= 0.6 is 11.8 Å². The van der Waals surface area contributed by atoms with Crippen LogP contribution in [-0.2, 0) is 11.8 Å². The lowest BCUT2D eigenvalue weighted by molar-refractivity contribution is -0.384. The second-order valence-electron chi connectivity index (χ2n) is 6.89. The van der Waals surface area contributed by atoms with Gasteiger partial charge in [-0.15, -0.1) is 10.2 Å². The van der Waals surface area contributed by atoms with Crippen molar-refractivity contribution in [2.45, 2.75) is 30.4 Å². The van der Waals surface area contributed by atoms with E-state index in [0.717, 1.165) is 5.75 Å². The Morgan fingerprint density at radius 2 is 1.72 bits per heavy atom. The topological polar surface area (TPSA) is 121 Å². The number of aromatic nitrogens is 3. The molecule has 1 N–H and O–H groups in total. The summed E-state index contributed by atoms with van der Waals surface area (Å²) in [7, 11) is 3.41. The molecule has 1 heterocycles. The van der Waals surface area contributed by atoms with Gasteiger partial charge >= 0.3 is 0 Å². The maximum absolute atomic E-state index is 12.5. The summed E-state index contributed by atoms with van der Waals surface area (Å²) in [6.07, 6.45) is -0.362. The van der Waals surface area contributed by atoms with Gasteiger partial charge in [0.25, 0.3) is 5.69 Å². The Morgan fingerprint density at radius 1 is 1.09 bits per heavy atom. The molecule has 0 saturated carbocycles. The maximum Gasteiger partial charge on any atom is 0.269 e. The number of benzene rings is 2. The molecule has 11 heteroatoms. The number of non-ortho nitro benzene ring substituents is 1. The molecule has 10 nitrogen and oxygen atoms in total. The summed E-state index contributed by atoms with van der Waals surface area (Å²) in [5.74, 6) is 1.77. The van der Waals surface area contributed by atoms with E-state index < -0.39 is 10.2 Å². The van der Waals surface area contributed by atoms with Crippen molar-refractivity contribution >= 4 is 29.0 Å². The zero-order chi connectivity index (χ0) is 23.3. The van der Waals surface area contributed by atoms with Crippen molar-refractivity contribution in [1.82, 2.24) is 14.8 Å². The third-order valence-corrected chi connectivity index (χ3v) is 5.74. The highest BCUT2D eigenvalue weighted by Gasteiger charge is 2.22. The number of nitrogens with one attached hydrogen (secondary N) is 1. The molecule has 0 bridgehead atoms. The molecule has 0 saturated heterocycles. The average Bonchev–Trinajstić information content (AvgIpc) is 3.14. The van der Waals surface area contributed by atoms with E-state index in [1.807, 2.05) is 38.2 Å². The van der Waals surface area contributed by atoms with Gasteiger partial charge < -0.3 is 19.4 Å². The van der Waals surface area contributed by atoms with E-state index in [9.17, 15) is 14.9 Å². The molecule has 0 spiro atoms. The van der Waals surface area contributed by atoms with Crippen LogP contribution in [0.25, 0.3) is 0 Å². The SMILES string of the molecule is COc1ccc(OC(C)c2nnc(SC(C)C(=O)Nc3ccc([N+](=O)[O-])cc3)n2C)cc1. The van der Waals surface area contributed by atoms with Crippen molar-refractivity contribution in [3.05, 3.63) is 64.5 Å². The monoisotopic (exact) mass is 457 g/mol. The summed E-state index contributed by atoms with van der Waals surface area (Å²) in [6, 6.07) is 12.9. The van der Waals surface area contributed by atoms with Gasteiger partial charge in [0.1, 0.15) is 11.5 Å². The molecule has 2 atom stereocenters. The lowest BCUT2D eigenvalue weighted by Gasteiger charge is -2.15. The number of nitro groups is 1. The predicted octanol–water partition coefficient (Wildman–Crippen LogP) is 3.99. The number of anilines is 1. The van der Waals surface area contributed by atoms with Crippen LogP contribution in [0, 0.1) is 10.1 Å². The number of hydrogen-bond donors (Lipinski definition) is 1. The van der Waals surface area contributed by atoms with E-state index >= 15 is 0 Å². The van der Waals surface area contributed by atoms with Crippen molar-refractivity contribution in [3.8, 4) is 11.5 Å². The zero-order valence-electron chi connectivity index (χ0n) is 18.0. The van der Waals surface area contributed by atoms with Gasteiger partial charge in [-0.2, -0.15) is 0 Å². The summed E-state index contributed by atoms with van der Waals surface area (Å²) in [5, 5.41) is 22.0. The van der Waals surface area contributed by atoms with Crippen LogP contribution in [0.15, 0.2) is 53.7 Å². The predicted molar refractivity (Wildman–Crippen MR) is 120 cm³/mol. The summed E-state index contributed by atoms with van der Waals surface area (Å²) in [5.41, 5.74) is 0.441. The molecule has 168 valence electrons. The van der Waals surface area contributed by atoms with Crippen molar-refractivity contribution in [3.63, 3.8) is 0 Å². The number of ether oxygens (including phenoxy) is 2. The van der Waals surface area contributed by atoms with Gasteiger partial charge in [0.05, 0.1) is 17.3 Å². The molecule has 0 fully saturated rings. The van der Waals surface area contributed by atoms with Crippen molar-refractivity contribution in [2.75, 3.05) is 12.4 Å². The normalized spacial score (nSPS) is 12.6. The van der Waals surface area contributed by atoms with Crippen LogP contribution in [-0.4, -0.2) is 38.0 Å². The average molecular weight is 458 g/mol. The number of nitrogens with zero attached hydrogens (tertiary/aromatic N) is 4. The molecule has 0 radical (unpaired) electrons. The van der Waals surface area contributed by atoms with Crippen LogP contribution < -0.4 is 14.8 Å². The van der Waals surface area contributed by atoms with Gasteiger partial charge in [-0.25, -0.2) is 0 Å². The van der Waals surface area contributed by atoms with Gasteiger partial charge in [-0.3, -0.25) is 14.9 Å². The fourth-order valence-corrected chi connectivity index (χ4v) is 3.64. The number of methoxy groups -OCH3 is 1. The molecule has 1 amide bonds. The highest BCUT2D eigenvalue weighted by Crippen LogP contribution is 2.27. The van der Waals surface area contributed by atoms with E-state index in [4.69, 9.17) is 9.47 Å².